The maximum atomic E-state index is 10.9. The van der Waals surface area contributed by atoms with Crippen LogP contribution in [0.5, 0.6) is 0 Å². The van der Waals surface area contributed by atoms with Gasteiger partial charge in [0.15, 0.2) is 5.12 Å². The van der Waals surface area contributed by atoms with Crippen molar-refractivity contribution >= 4 is 28.6 Å². The molecule has 0 spiro atoms. The van der Waals surface area contributed by atoms with Crippen molar-refractivity contribution in [3.8, 4) is 0 Å². The normalized spacial score (nSPS) is 12.8. The molecule has 0 amide bonds. The van der Waals surface area contributed by atoms with E-state index in [1.165, 1.54) is 11.8 Å². The highest BCUT2D eigenvalue weighted by Crippen LogP contribution is 2.28. The first-order valence-electron chi connectivity index (χ1n) is 4.60. The van der Waals surface area contributed by atoms with Gasteiger partial charge in [0.2, 0.25) is 0 Å². The van der Waals surface area contributed by atoms with Gasteiger partial charge in [0.25, 0.3) is 0 Å². The summed E-state index contributed by atoms with van der Waals surface area (Å²) in [5.74, 6) is 1.05. The van der Waals surface area contributed by atoms with Gasteiger partial charge in [-0.15, -0.1) is 11.8 Å². The Morgan fingerprint density at radius 2 is 2.15 bits per heavy atom. The second-order valence-electron chi connectivity index (χ2n) is 2.71. The molecule has 13 heavy (non-hydrogen) atoms. The average Bonchev–Trinajstić information content (AvgIpc) is 2.04. The second-order valence-corrected chi connectivity index (χ2v) is 5.87. The number of carbonyl (C=O) groups excluding carboxylic acids is 1. The van der Waals surface area contributed by atoms with Crippen molar-refractivity contribution in [2.24, 2.45) is 0 Å². The van der Waals surface area contributed by atoms with Gasteiger partial charge in [0, 0.05) is 13.5 Å². The zero-order chi connectivity index (χ0) is 10.1. The molecule has 0 aliphatic carbocycles. The van der Waals surface area contributed by atoms with Crippen molar-refractivity contribution in [3.05, 3.63) is 0 Å². The standard InChI is InChI=1S/C9H18O2S2/c1-3-12-9(13-8(2)11)6-4-5-7-10/h9-10H,3-7H2,1-2H3. The molecule has 0 heterocycles. The molecule has 2 nitrogen and oxygen atoms in total. The lowest BCUT2D eigenvalue weighted by Gasteiger charge is -2.12. The predicted octanol–water partition coefficient (Wildman–Crippen LogP) is 2.51. The quantitative estimate of drug-likeness (QED) is 0.530. The summed E-state index contributed by atoms with van der Waals surface area (Å²) in [6.07, 6.45) is 2.87. The molecule has 78 valence electrons. The smallest absolute Gasteiger partial charge is 0.186 e. The lowest BCUT2D eigenvalue weighted by atomic mass is 10.3. The first kappa shape index (κ1) is 13.3. The fourth-order valence-electron chi connectivity index (χ4n) is 0.970. The van der Waals surface area contributed by atoms with E-state index in [1.54, 1.807) is 6.92 Å². The minimum Gasteiger partial charge on any atom is -0.396 e. The molecule has 4 heteroatoms. The van der Waals surface area contributed by atoms with Gasteiger partial charge in [-0.3, -0.25) is 4.79 Å². The van der Waals surface area contributed by atoms with E-state index in [0.717, 1.165) is 25.0 Å². The summed E-state index contributed by atoms with van der Waals surface area (Å²) in [7, 11) is 0. The molecule has 1 unspecified atom stereocenters. The molecule has 0 aliphatic rings. The Kier molecular flexibility index (Phi) is 9.13. The van der Waals surface area contributed by atoms with Crippen LogP contribution in [0.25, 0.3) is 0 Å². The van der Waals surface area contributed by atoms with Gasteiger partial charge < -0.3 is 5.11 Å². The summed E-state index contributed by atoms with van der Waals surface area (Å²) in [6, 6.07) is 0. The number of aliphatic hydroxyl groups is 1. The summed E-state index contributed by atoms with van der Waals surface area (Å²) in [4.78, 5) is 10.9. The van der Waals surface area contributed by atoms with E-state index in [1.807, 2.05) is 11.8 Å². The number of hydrogen-bond acceptors (Lipinski definition) is 4. The summed E-state index contributed by atoms with van der Waals surface area (Å²) in [5, 5.41) is 8.80. The van der Waals surface area contributed by atoms with Crippen LogP contribution in [0, 0.1) is 0 Å². The number of unbranched alkanes of at least 4 members (excludes halogenated alkanes) is 1. The predicted molar refractivity (Wildman–Crippen MR) is 61.1 cm³/mol. The third kappa shape index (κ3) is 8.65. The Hall–Kier alpha value is 0.330. The highest BCUT2D eigenvalue weighted by atomic mass is 32.2. The summed E-state index contributed by atoms with van der Waals surface area (Å²) < 4.78 is 0.383. The molecule has 0 fully saturated rings. The Labute approximate surface area is 88.9 Å². The number of carbonyl (C=O) groups is 1. The maximum Gasteiger partial charge on any atom is 0.186 e. The molecule has 0 radical (unpaired) electrons. The number of aliphatic hydroxyl groups excluding tert-OH is 1. The van der Waals surface area contributed by atoms with Crippen LogP contribution in [0.15, 0.2) is 0 Å². The van der Waals surface area contributed by atoms with Crippen LogP contribution in [0.4, 0.5) is 0 Å². The lowest BCUT2D eigenvalue weighted by molar-refractivity contribution is -0.109. The average molecular weight is 222 g/mol. The minimum atomic E-state index is 0.190. The minimum absolute atomic E-state index is 0.190. The van der Waals surface area contributed by atoms with Crippen LogP contribution in [0.1, 0.15) is 33.1 Å². The van der Waals surface area contributed by atoms with Gasteiger partial charge in [0.05, 0.1) is 4.58 Å². The summed E-state index contributed by atoms with van der Waals surface area (Å²) in [5.41, 5.74) is 0. The Balaban J connectivity index is 3.59. The van der Waals surface area contributed by atoms with E-state index >= 15 is 0 Å². The molecule has 0 saturated carbocycles. The third-order valence-electron chi connectivity index (χ3n) is 1.50. The van der Waals surface area contributed by atoms with E-state index in [4.69, 9.17) is 5.11 Å². The zero-order valence-electron chi connectivity index (χ0n) is 8.28. The van der Waals surface area contributed by atoms with Crippen molar-refractivity contribution < 1.29 is 9.90 Å². The van der Waals surface area contributed by atoms with Crippen molar-refractivity contribution in [2.45, 2.75) is 37.7 Å². The molecule has 0 aromatic heterocycles. The lowest BCUT2D eigenvalue weighted by Crippen LogP contribution is -2.01. The summed E-state index contributed by atoms with van der Waals surface area (Å²) in [6.45, 7) is 3.97. The Bertz CT molecular complexity index is 140. The molecule has 0 rings (SSSR count). The van der Waals surface area contributed by atoms with Gasteiger partial charge in [-0.05, 0) is 25.0 Å². The first-order chi connectivity index (χ1) is 6.20. The van der Waals surface area contributed by atoms with Crippen LogP contribution < -0.4 is 0 Å². The van der Waals surface area contributed by atoms with Crippen molar-refractivity contribution in [2.75, 3.05) is 12.4 Å². The fourth-order valence-corrected chi connectivity index (χ4v) is 3.42. The zero-order valence-corrected chi connectivity index (χ0v) is 9.92. The monoisotopic (exact) mass is 222 g/mol. The van der Waals surface area contributed by atoms with Crippen molar-refractivity contribution in [3.63, 3.8) is 0 Å². The van der Waals surface area contributed by atoms with Gasteiger partial charge in [-0.2, -0.15) is 0 Å². The Morgan fingerprint density at radius 3 is 2.62 bits per heavy atom. The first-order valence-corrected chi connectivity index (χ1v) is 6.53. The number of thioether (sulfide) groups is 2. The van der Waals surface area contributed by atoms with Gasteiger partial charge in [-0.1, -0.05) is 18.7 Å². The molecule has 0 aromatic rings. The molecule has 0 bridgehead atoms. The topological polar surface area (TPSA) is 37.3 Å². The highest BCUT2D eigenvalue weighted by molar-refractivity contribution is 8.24. The van der Waals surface area contributed by atoms with Gasteiger partial charge >= 0.3 is 0 Å². The van der Waals surface area contributed by atoms with Gasteiger partial charge in [-0.25, -0.2) is 0 Å². The van der Waals surface area contributed by atoms with Crippen LogP contribution in [0.3, 0.4) is 0 Å². The van der Waals surface area contributed by atoms with E-state index in [0.29, 0.717) is 4.58 Å². The van der Waals surface area contributed by atoms with Crippen LogP contribution in [-0.2, 0) is 4.79 Å². The summed E-state index contributed by atoms with van der Waals surface area (Å²) >= 11 is 3.23. The number of hydrogen-bond donors (Lipinski definition) is 1. The molecule has 0 aromatic carbocycles. The van der Waals surface area contributed by atoms with Crippen molar-refractivity contribution in [1.82, 2.24) is 0 Å². The fraction of sp³-hybridized carbons (Fsp3) is 0.889. The second kappa shape index (κ2) is 8.91. The molecule has 0 aliphatic heterocycles. The Morgan fingerprint density at radius 1 is 1.46 bits per heavy atom. The molecular weight excluding hydrogens is 204 g/mol. The van der Waals surface area contributed by atoms with E-state index < -0.39 is 0 Å². The van der Waals surface area contributed by atoms with Gasteiger partial charge in [0.1, 0.15) is 0 Å². The molecule has 1 N–H and O–H groups in total. The van der Waals surface area contributed by atoms with Crippen LogP contribution in [0.2, 0.25) is 0 Å². The van der Waals surface area contributed by atoms with E-state index in [2.05, 4.69) is 6.92 Å². The number of rotatable bonds is 7. The van der Waals surface area contributed by atoms with Crippen molar-refractivity contribution in [1.29, 1.82) is 0 Å². The van der Waals surface area contributed by atoms with E-state index in [-0.39, 0.29) is 11.7 Å². The SMILES string of the molecule is CCSC(CCCCO)SC(C)=O. The third-order valence-corrected chi connectivity index (χ3v) is 3.97. The highest BCUT2D eigenvalue weighted by Gasteiger charge is 2.10. The molecule has 0 saturated heterocycles. The molecule has 1 atom stereocenters. The maximum absolute atomic E-state index is 10.9. The largest absolute Gasteiger partial charge is 0.396 e. The van der Waals surface area contributed by atoms with E-state index in [9.17, 15) is 4.79 Å². The van der Waals surface area contributed by atoms with Crippen LogP contribution >= 0.6 is 23.5 Å². The van der Waals surface area contributed by atoms with Crippen LogP contribution in [-0.4, -0.2) is 27.2 Å². The molecular formula is C9H18O2S2.